The molecule has 0 spiro atoms. The number of rotatable bonds is 5. The Morgan fingerprint density at radius 2 is 1.65 bits per heavy atom. The summed E-state index contributed by atoms with van der Waals surface area (Å²) < 4.78 is 0. The second-order valence-electron chi connectivity index (χ2n) is 4.78. The molecule has 2 aromatic rings. The van der Waals surface area contributed by atoms with Crippen LogP contribution in [0.5, 0.6) is 0 Å². The number of fused-ring (bicyclic) bond motifs is 1. The van der Waals surface area contributed by atoms with Crippen LogP contribution >= 0.6 is 0 Å². The van der Waals surface area contributed by atoms with E-state index in [9.17, 15) is 0 Å². The normalized spacial score (nSPS) is 10.9. The maximum absolute atomic E-state index is 2.33. The first kappa shape index (κ1) is 12.2. The number of unbranched alkanes of at least 4 members (excludes halogenated alkanes) is 1. The first-order chi connectivity index (χ1) is 8.36. The lowest BCUT2D eigenvalue weighted by Gasteiger charge is -2.12. The molecule has 0 nitrogen and oxygen atoms in total. The van der Waals surface area contributed by atoms with Crippen LogP contribution in [-0.2, 0) is 12.8 Å². The van der Waals surface area contributed by atoms with Crippen molar-refractivity contribution >= 4 is 10.8 Å². The van der Waals surface area contributed by atoms with Gasteiger partial charge in [-0.15, -0.1) is 0 Å². The molecular formula is C17H22. The van der Waals surface area contributed by atoms with Crippen LogP contribution in [0.25, 0.3) is 10.8 Å². The van der Waals surface area contributed by atoms with E-state index in [1.807, 2.05) is 0 Å². The summed E-state index contributed by atoms with van der Waals surface area (Å²) >= 11 is 0. The van der Waals surface area contributed by atoms with Gasteiger partial charge in [-0.05, 0) is 41.2 Å². The highest BCUT2D eigenvalue weighted by Gasteiger charge is 2.06. The Bertz CT molecular complexity index is 482. The van der Waals surface area contributed by atoms with Gasteiger partial charge in [0.2, 0.25) is 0 Å². The van der Waals surface area contributed by atoms with Crippen LogP contribution in [0.1, 0.15) is 44.2 Å². The van der Waals surface area contributed by atoms with Gasteiger partial charge in [0.15, 0.2) is 0 Å². The Morgan fingerprint density at radius 3 is 2.41 bits per heavy atom. The smallest absolute Gasteiger partial charge is 0.0149 e. The fourth-order valence-corrected chi connectivity index (χ4v) is 2.53. The van der Waals surface area contributed by atoms with E-state index >= 15 is 0 Å². The molecule has 2 aromatic carbocycles. The van der Waals surface area contributed by atoms with Gasteiger partial charge in [0, 0.05) is 0 Å². The molecule has 0 fully saturated rings. The van der Waals surface area contributed by atoms with Crippen LogP contribution in [0, 0.1) is 0 Å². The first-order valence-electron chi connectivity index (χ1n) is 6.86. The molecule has 0 aromatic heterocycles. The van der Waals surface area contributed by atoms with Crippen molar-refractivity contribution in [3.63, 3.8) is 0 Å². The molecule has 0 heteroatoms. The van der Waals surface area contributed by atoms with Gasteiger partial charge >= 0.3 is 0 Å². The van der Waals surface area contributed by atoms with Crippen molar-refractivity contribution in [3.8, 4) is 0 Å². The lowest BCUT2D eigenvalue weighted by molar-refractivity contribution is 0.785. The Labute approximate surface area is 105 Å². The molecule has 17 heavy (non-hydrogen) atoms. The summed E-state index contributed by atoms with van der Waals surface area (Å²) in [6, 6.07) is 13.4. The van der Waals surface area contributed by atoms with Crippen molar-refractivity contribution in [1.29, 1.82) is 0 Å². The highest BCUT2D eigenvalue weighted by molar-refractivity contribution is 5.86. The van der Waals surface area contributed by atoms with Crippen molar-refractivity contribution in [1.82, 2.24) is 0 Å². The zero-order chi connectivity index (χ0) is 12.1. The molecule has 0 bridgehead atoms. The number of hydrogen-bond acceptors (Lipinski definition) is 0. The number of hydrogen-bond donors (Lipinski definition) is 0. The van der Waals surface area contributed by atoms with Crippen LogP contribution in [0.15, 0.2) is 36.4 Å². The Morgan fingerprint density at radius 1 is 0.824 bits per heavy atom. The summed E-state index contributed by atoms with van der Waals surface area (Å²) in [7, 11) is 0. The van der Waals surface area contributed by atoms with Gasteiger partial charge in [0.1, 0.15) is 0 Å². The minimum atomic E-state index is 1.21. The van der Waals surface area contributed by atoms with Crippen molar-refractivity contribution in [2.45, 2.75) is 46.0 Å². The lowest BCUT2D eigenvalue weighted by atomic mass is 9.93. The lowest BCUT2D eigenvalue weighted by Crippen LogP contribution is -1.96. The molecular weight excluding hydrogens is 204 g/mol. The molecule has 0 aliphatic rings. The van der Waals surface area contributed by atoms with Crippen molar-refractivity contribution < 1.29 is 0 Å². The van der Waals surface area contributed by atoms with Crippen LogP contribution < -0.4 is 0 Å². The SMILES string of the molecule is CCCCc1c(CCC)ccc2ccccc12. The fourth-order valence-electron chi connectivity index (χ4n) is 2.53. The summed E-state index contributed by atoms with van der Waals surface area (Å²) in [5.74, 6) is 0. The van der Waals surface area contributed by atoms with E-state index in [4.69, 9.17) is 0 Å². The summed E-state index contributed by atoms with van der Waals surface area (Å²) in [4.78, 5) is 0. The zero-order valence-corrected chi connectivity index (χ0v) is 11.0. The Hall–Kier alpha value is -1.30. The zero-order valence-electron chi connectivity index (χ0n) is 11.0. The highest BCUT2D eigenvalue weighted by atomic mass is 14.1. The third kappa shape index (κ3) is 2.69. The van der Waals surface area contributed by atoms with Crippen LogP contribution in [-0.4, -0.2) is 0 Å². The maximum Gasteiger partial charge on any atom is -0.0149 e. The molecule has 0 radical (unpaired) electrons. The molecule has 0 saturated carbocycles. The van der Waals surface area contributed by atoms with Gasteiger partial charge in [0.05, 0.1) is 0 Å². The van der Waals surface area contributed by atoms with E-state index in [1.165, 1.54) is 42.9 Å². The molecule has 0 N–H and O–H groups in total. The predicted molar refractivity (Wildman–Crippen MR) is 76.6 cm³/mol. The summed E-state index contributed by atoms with van der Waals surface area (Å²) in [6.45, 7) is 4.53. The van der Waals surface area contributed by atoms with Crippen LogP contribution in [0.2, 0.25) is 0 Å². The molecule has 2 rings (SSSR count). The summed E-state index contributed by atoms with van der Waals surface area (Å²) in [5, 5.41) is 2.85. The average molecular weight is 226 g/mol. The van der Waals surface area contributed by atoms with E-state index < -0.39 is 0 Å². The van der Waals surface area contributed by atoms with E-state index in [1.54, 1.807) is 11.1 Å². The average Bonchev–Trinajstić information content (AvgIpc) is 2.37. The number of aryl methyl sites for hydroxylation is 2. The minimum absolute atomic E-state index is 1.21. The molecule has 0 aliphatic carbocycles. The van der Waals surface area contributed by atoms with Gasteiger partial charge in [-0.2, -0.15) is 0 Å². The Balaban J connectivity index is 2.49. The van der Waals surface area contributed by atoms with E-state index in [2.05, 4.69) is 50.2 Å². The van der Waals surface area contributed by atoms with E-state index in [0.29, 0.717) is 0 Å². The molecule has 0 atom stereocenters. The van der Waals surface area contributed by atoms with E-state index in [-0.39, 0.29) is 0 Å². The Kier molecular flexibility index (Phi) is 4.19. The fraction of sp³-hybridized carbons (Fsp3) is 0.412. The second kappa shape index (κ2) is 5.86. The van der Waals surface area contributed by atoms with Crippen molar-refractivity contribution in [3.05, 3.63) is 47.5 Å². The summed E-state index contributed by atoms with van der Waals surface area (Å²) in [6.07, 6.45) is 6.24. The van der Waals surface area contributed by atoms with Crippen molar-refractivity contribution in [2.24, 2.45) is 0 Å². The van der Waals surface area contributed by atoms with Gasteiger partial charge in [-0.25, -0.2) is 0 Å². The van der Waals surface area contributed by atoms with Crippen LogP contribution in [0.3, 0.4) is 0 Å². The molecule has 0 aliphatic heterocycles. The largest absolute Gasteiger partial charge is 0.0654 e. The number of benzene rings is 2. The van der Waals surface area contributed by atoms with Crippen molar-refractivity contribution in [2.75, 3.05) is 0 Å². The van der Waals surface area contributed by atoms with Gasteiger partial charge < -0.3 is 0 Å². The third-order valence-electron chi connectivity index (χ3n) is 3.44. The maximum atomic E-state index is 2.33. The van der Waals surface area contributed by atoms with Gasteiger partial charge in [-0.1, -0.05) is 63.1 Å². The first-order valence-corrected chi connectivity index (χ1v) is 6.86. The van der Waals surface area contributed by atoms with E-state index in [0.717, 1.165) is 0 Å². The van der Waals surface area contributed by atoms with Gasteiger partial charge in [-0.3, -0.25) is 0 Å². The third-order valence-corrected chi connectivity index (χ3v) is 3.44. The topological polar surface area (TPSA) is 0 Å². The summed E-state index contributed by atoms with van der Waals surface area (Å²) in [5.41, 5.74) is 3.14. The second-order valence-corrected chi connectivity index (χ2v) is 4.78. The molecule has 90 valence electrons. The predicted octanol–water partition coefficient (Wildman–Crippen LogP) is 5.13. The molecule has 0 unspecified atom stereocenters. The monoisotopic (exact) mass is 226 g/mol. The van der Waals surface area contributed by atoms with Crippen LogP contribution in [0.4, 0.5) is 0 Å². The minimum Gasteiger partial charge on any atom is -0.0654 e. The van der Waals surface area contributed by atoms with Gasteiger partial charge in [0.25, 0.3) is 0 Å². The highest BCUT2D eigenvalue weighted by Crippen LogP contribution is 2.25. The quantitative estimate of drug-likeness (QED) is 0.662. The molecule has 0 saturated heterocycles. The molecule has 0 heterocycles. The molecule has 0 amide bonds. The standard InChI is InChI=1S/C17H22/c1-3-5-10-16-14(8-4-2)12-13-15-9-6-7-11-17(15)16/h6-7,9,11-13H,3-5,8,10H2,1-2H3.